The van der Waals surface area contributed by atoms with E-state index in [1.165, 1.54) is 165 Å². The van der Waals surface area contributed by atoms with Crippen molar-refractivity contribution in [2.45, 2.75) is 249 Å². The van der Waals surface area contributed by atoms with Gasteiger partial charge in [0.2, 0.25) is 0 Å². The summed E-state index contributed by atoms with van der Waals surface area (Å²) >= 11 is 2.05. The van der Waals surface area contributed by atoms with E-state index < -0.39 is 0 Å². The van der Waals surface area contributed by atoms with Crippen molar-refractivity contribution in [3.8, 4) is 0 Å². The second kappa shape index (κ2) is 16.1. The molecule has 85 heavy (non-hydrogen) atoms. The van der Waals surface area contributed by atoms with Crippen LogP contribution in [-0.2, 0) is 48.7 Å². The number of rotatable bonds is 1. The van der Waals surface area contributed by atoms with Crippen LogP contribution >= 0.6 is 11.3 Å². The fraction of sp³-hybridized carbons (Fsp3) is 0.494. The molecular formula is C79H90BN3OS. The lowest BCUT2D eigenvalue weighted by atomic mass is 9.35. The molecule has 1 saturated carbocycles. The molecule has 5 aliphatic carbocycles. The zero-order valence-electron chi connectivity index (χ0n) is 54.4. The van der Waals surface area contributed by atoms with Crippen LogP contribution in [0.4, 0.5) is 44.8 Å². The summed E-state index contributed by atoms with van der Waals surface area (Å²) in [6.45, 7) is 42.7. The van der Waals surface area contributed by atoms with Gasteiger partial charge in [0.25, 0.3) is 6.71 Å². The maximum Gasteiger partial charge on any atom is 0.298 e. The van der Waals surface area contributed by atoms with Crippen molar-refractivity contribution in [1.82, 2.24) is 0 Å². The smallest absolute Gasteiger partial charge is 0.298 e. The number of anilines is 8. The highest BCUT2D eigenvalue weighted by molar-refractivity contribution is 7.26. The minimum atomic E-state index is -0.182. The van der Waals surface area contributed by atoms with Gasteiger partial charge < -0.3 is 19.1 Å². The maximum absolute atomic E-state index is 8.03. The Balaban J connectivity index is 1.07. The minimum absolute atomic E-state index is 0.0132. The molecule has 6 heterocycles. The van der Waals surface area contributed by atoms with Crippen LogP contribution in [-0.4, -0.2) is 12.3 Å². The van der Waals surface area contributed by atoms with Gasteiger partial charge in [0.15, 0.2) is 0 Å². The molecule has 0 amide bonds. The number of hydrogen-bond donors (Lipinski definition) is 0. The highest BCUT2D eigenvalue weighted by Crippen LogP contribution is 2.65. The second-order valence-corrected chi connectivity index (χ2v) is 35.3. The summed E-state index contributed by atoms with van der Waals surface area (Å²) in [6, 6.07) is 39.3. The van der Waals surface area contributed by atoms with Crippen molar-refractivity contribution in [3.05, 3.63) is 147 Å². The number of fused-ring (bicyclic) bond motifs is 21. The predicted molar refractivity (Wildman–Crippen MR) is 363 cm³/mol. The van der Waals surface area contributed by atoms with E-state index in [1.54, 1.807) is 0 Å². The Bertz CT molecular complexity index is 4340. The van der Waals surface area contributed by atoms with Crippen LogP contribution in [0.15, 0.2) is 95.4 Å². The van der Waals surface area contributed by atoms with Gasteiger partial charge in [-0.05, 0) is 248 Å². The average molecular weight is 1140 g/mol. The molecule has 8 aromatic rings. The Hall–Kier alpha value is -5.72. The molecule has 4 nitrogen and oxygen atoms in total. The van der Waals surface area contributed by atoms with Gasteiger partial charge in [0, 0.05) is 55.0 Å². The van der Waals surface area contributed by atoms with E-state index in [9.17, 15) is 0 Å². The molecule has 6 heteroatoms. The highest BCUT2D eigenvalue weighted by Gasteiger charge is 2.60. The fourth-order valence-electron chi connectivity index (χ4n) is 19.8. The molecule has 1 fully saturated rings. The van der Waals surface area contributed by atoms with Crippen LogP contribution in [0, 0.1) is 0 Å². The van der Waals surface area contributed by atoms with E-state index in [4.69, 9.17) is 4.42 Å². The lowest BCUT2D eigenvalue weighted by Gasteiger charge is -2.51. The van der Waals surface area contributed by atoms with Gasteiger partial charge in [-0.25, -0.2) is 0 Å². The molecule has 2 aromatic heterocycles. The highest BCUT2D eigenvalue weighted by atomic mass is 32.1. The SMILES string of the molecule is CC1(C)CCC(C)(C)c2cc(N3c4cc5cc6c4B(c4oc7cc8c(cc7c43)C(C)(C)CCC8(C)C)c3c(sc4cc7c(cc34)C(C)(C)CCC7(C)C)N6c3ccc4c(c3)C(C)(CCC4(C)C)c3ccc4c(c3)N5C3(C)CCCCC43C)ccc21. The van der Waals surface area contributed by atoms with E-state index in [0.717, 1.165) is 49.8 Å². The van der Waals surface area contributed by atoms with Gasteiger partial charge in [-0.2, -0.15) is 0 Å². The van der Waals surface area contributed by atoms with E-state index in [1.807, 2.05) is 11.3 Å². The average Bonchev–Trinajstić information content (AvgIpc) is 1.94. The third-order valence-electron chi connectivity index (χ3n) is 26.1. The third kappa shape index (κ3) is 6.67. The molecular weight excluding hydrogens is 1050 g/mol. The first kappa shape index (κ1) is 53.5. The van der Waals surface area contributed by atoms with Gasteiger partial charge in [0.1, 0.15) is 5.58 Å². The fourth-order valence-corrected chi connectivity index (χ4v) is 21.1. The van der Waals surface area contributed by atoms with Crippen molar-refractivity contribution in [2.75, 3.05) is 14.7 Å². The Morgan fingerprint density at radius 2 is 0.894 bits per heavy atom. The summed E-state index contributed by atoms with van der Waals surface area (Å²) in [5.41, 5.74) is 28.8. The standard InChI is InChI=1S/C79H90BN3OS/c1-70(2)28-29-72(5,6)54-37-46(21-24-51(54)70)81-61-39-48-40-62-66(61)80(68-67(81)49-41-55-57(43-63(49)84-68)75(11,12)32-30-73(55,7)8)65-50-42-56-58(76(13,14)33-31-74(56,9)10)44-64(50)85-69(65)82(62)47-22-25-52-59(38-47)77(15,35-34-71(52,3)4)45-20-23-53-60(36-45)83(48)79(17)27-19-18-26-78(53,79)16/h20-25,36-44H,18-19,26-35H2,1-17H3. The van der Waals surface area contributed by atoms with Gasteiger partial charge in [0.05, 0.1) is 21.9 Å². The lowest BCUT2D eigenvalue weighted by molar-refractivity contribution is 0.195. The van der Waals surface area contributed by atoms with E-state index >= 15 is 0 Å². The zero-order valence-corrected chi connectivity index (χ0v) is 55.2. The molecule has 0 radical (unpaired) electrons. The molecule has 0 spiro atoms. The van der Waals surface area contributed by atoms with Crippen molar-refractivity contribution in [3.63, 3.8) is 0 Å². The Labute approximate surface area is 512 Å². The summed E-state index contributed by atoms with van der Waals surface area (Å²) in [5, 5.41) is 3.98. The minimum Gasteiger partial charge on any atom is -0.468 e. The van der Waals surface area contributed by atoms with Crippen LogP contribution in [0.3, 0.4) is 0 Å². The molecule has 436 valence electrons. The summed E-state index contributed by atoms with van der Waals surface area (Å²) in [6.07, 6.45) is 14.1. The third-order valence-corrected chi connectivity index (χ3v) is 27.3. The molecule has 6 bridgehead atoms. The summed E-state index contributed by atoms with van der Waals surface area (Å²) in [5.74, 6) is 0. The quantitative estimate of drug-likeness (QED) is 0.153. The normalized spacial score (nSPS) is 27.3. The van der Waals surface area contributed by atoms with Crippen LogP contribution in [0.5, 0.6) is 0 Å². The van der Waals surface area contributed by atoms with Crippen molar-refractivity contribution in [1.29, 1.82) is 0 Å². The topological polar surface area (TPSA) is 22.9 Å². The van der Waals surface area contributed by atoms with Crippen LogP contribution in [0.2, 0.25) is 0 Å². The molecule has 17 rings (SSSR count). The number of benzene rings is 6. The Morgan fingerprint density at radius 1 is 0.400 bits per heavy atom. The van der Waals surface area contributed by atoms with E-state index in [0.29, 0.717) is 0 Å². The molecule has 3 unspecified atom stereocenters. The lowest BCUT2D eigenvalue weighted by Crippen LogP contribution is -2.61. The predicted octanol–water partition coefficient (Wildman–Crippen LogP) is 20.2. The number of thiophene rings is 1. The first-order valence-corrected chi connectivity index (χ1v) is 34.0. The summed E-state index contributed by atoms with van der Waals surface area (Å²) < 4.78 is 9.43. The van der Waals surface area contributed by atoms with Crippen LogP contribution < -0.4 is 31.3 Å². The molecule has 3 atom stereocenters. The van der Waals surface area contributed by atoms with Gasteiger partial charge in [-0.15, -0.1) is 11.3 Å². The number of hydrogen-bond acceptors (Lipinski definition) is 5. The van der Waals surface area contributed by atoms with Crippen LogP contribution in [0.25, 0.3) is 21.1 Å². The van der Waals surface area contributed by atoms with Crippen molar-refractivity contribution in [2.24, 2.45) is 0 Å². The monoisotopic (exact) mass is 1140 g/mol. The Kier molecular flexibility index (Phi) is 10.2. The van der Waals surface area contributed by atoms with Gasteiger partial charge in [-0.1, -0.05) is 148 Å². The zero-order chi connectivity index (χ0) is 59.2. The number of furan rings is 1. The molecule has 4 aliphatic heterocycles. The van der Waals surface area contributed by atoms with E-state index in [-0.39, 0.29) is 61.0 Å². The second-order valence-electron chi connectivity index (χ2n) is 34.3. The molecule has 9 aliphatic rings. The Morgan fingerprint density at radius 3 is 1.53 bits per heavy atom. The van der Waals surface area contributed by atoms with Crippen LogP contribution in [0.1, 0.15) is 250 Å². The summed E-state index contributed by atoms with van der Waals surface area (Å²) in [4.78, 5) is 8.51. The van der Waals surface area contributed by atoms with Gasteiger partial charge >= 0.3 is 0 Å². The molecule has 0 N–H and O–H groups in total. The largest absolute Gasteiger partial charge is 0.468 e. The molecule has 6 aromatic carbocycles. The first-order valence-electron chi connectivity index (χ1n) is 33.2. The van der Waals surface area contributed by atoms with Crippen molar-refractivity contribution < 1.29 is 4.42 Å². The van der Waals surface area contributed by atoms with Gasteiger partial charge in [-0.3, -0.25) is 0 Å². The van der Waals surface area contributed by atoms with Crippen molar-refractivity contribution >= 4 is 101 Å². The summed E-state index contributed by atoms with van der Waals surface area (Å²) in [7, 11) is 0. The first-order chi connectivity index (χ1) is 39.9. The van der Waals surface area contributed by atoms with E-state index in [2.05, 4.69) is 223 Å². The number of nitrogens with zero attached hydrogens (tertiary/aromatic N) is 3. The molecule has 0 saturated heterocycles. The maximum atomic E-state index is 8.03.